The van der Waals surface area contributed by atoms with Crippen LogP contribution in [0.25, 0.3) is 0 Å². The number of hydrogen-bond donors (Lipinski definition) is 3. The largest absolute Gasteiger partial charge is 0.497 e. The second-order valence-electron chi connectivity index (χ2n) is 3.88. The van der Waals surface area contributed by atoms with Crippen LogP contribution in [-0.2, 0) is 0 Å². The first-order valence-corrected chi connectivity index (χ1v) is 6.00. The van der Waals surface area contributed by atoms with E-state index >= 15 is 0 Å². The topological polar surface area (TPSA) is 85.1 Å². The van der Waals surface area contributed by atoms with Crippen LogP contribution in [0.2, 0.25) is 0 Å². The van der Waals surface area contributed by atoms with Gasteiger partial charge in [0.2, 0.25) is 5.95 Å². The monoisotopic (exact) mass is 259 g/mol. The summed E-state index contributed by atoms with van der Waals surface area (Å²) in [4.78, 5) is 8.23. The van der Waals surface area contributed by atoms with Crippen LogP contribution in [0.1, 0.15) is 6.92 Å². The molecule has 0 radical (unpaired) electrons. The summed E-state index contributed by atoms with van der Waals surface area (Å²) in [5.74, 6) is 2.33. The maximum absolute atomic E-state index is 5.67. The molecule has 19 heavy (non-hydrogen) atoms. The summed E-state index contributed by atoms with van der Waals surface area (Å²) in [5.41, 5.74) is 6.55. The molecule has 100 valence electrons. The molecule has 0 saturated carbocycles. The number of ether oxygens (including phenoxy) is 1. The van der Waals surface area contributed by atoms with E-state index in [2.05, 4.69) is 20.6 Å². The summed E-state index contributed by atoms with van der Waals surface area (Å²) >= 11 is 0. The van der Waals surface area contributed by atoms with E-state index in [0.29, 0.717) is 11.6 Å². The minimum absolute atomic E-state index is 0.226. The number of hydrogen-bond acceptors (Lipinski definition) is 6. The van der Waals surface area contributed by atoms with Crippen molar-refractivity contribution in [2.24, 2.45) is 0 Å². The van der Waals surface area contributed by atoms with Crippen LogP contribution in [0.15, 0.2) is 30.3 Å². The molecule has 0 bridgehead atoms. The second-order valence-corrected chi connectivity index (χ2v) is 3.88. The Morgan fingerprint density at radius 2 is 2.00 bits per heavy atom. The molecule has 6 heteroatoms. The number of benzene rings is 1. The first-order chi connectivity index (χ1) is 9.21. The Kier molecular flexibility index (Phi) is 4.02. The molecule has 0 saturated heterocycles. The third-order valence-corrected chi connectivity index (χ3v) is 2.44. The lowest BCUT2D eigenvalue weighted by molar-refractivity contribution is 0.415. The van der Waals surface area contributed by atoms with E-state index in [0.717, 1.165) is 18.0 Å². The number of nitrogens with two attached hydrogens (primary N) is 1. The van der Waals surface area contributed by atoms with Gasteiger partial charge in [-0.2, -0.15) is 9.97 Å². The average molecular weight is 259 g/mol. The van der Waals surface area contributed by atoms with Gasteiger partial charge >= 0.3 is 0 Å². The van der Waals surface area contributed by atoms with Crippen LogP contribution in [0, 0.1) is 0 Å². The van der Waals surface area contributed by atoms with Gasteiger partial charge in [0, 0.05) is 24.4 Å². The van der Waals surface area contributed by atoms with Crippen molar-refractivity contribution in [2.75, 3.05) is 30.0 Å². The van der Waals surface area contributed by atoms with Crippen LogP contribution < -0.4 is 21.1 Å². The number of nitrogens with zero attached hydrogens (tertiary/aromatic N) is 2. The SMILES string of the molecule is CCNc1cc(Nc2cccc(OC)c2)nc(N)n1. The molecule has 0 amide bonds. The summed E-state index contributed by atoms with van der Waals surface area (Å²) in [7, 11) is 1.63. The van der Waals surface area contributed by atoms with E-state index in [1.165, 1.54) is 0 Å². The summed E-state index contributed by atoms with van der Waals surface area (Å²) < 4.78 is 5.17. The second kappa shape index (κ2) is 5.90. The Morgan fingerprint density at radius 3 is 2.74 bits per heavy atom. The van der Waals surface area contributed by atoms with E-state index in [4.69, 9.17) is 10.5 Å². The van der Waals surface area contributed by atoms with Crippen molar-refractivity contribution in [1.82, 2.24) is 9.97 Å². The van der Waals surface area contributed by atoms with Crippen molar-refractivity contribution in [3.8, 4) is 5.75 Å². The van der Waals surface area contributed by atoms with Crippen molar-refractivity contribution in [3.05, 3.63) is 30.3 Å². The van der Waals surface area contributed by atoms with Crippen molar-refractivity contribution in [1.29, 1.82) is 0 Å². The average Bonchev–Trinajstić information content (AvgIpc) is 2.38. The molecule has 0 fully saturated rings. The summed E-state index contributed by atoms with van der Waals surface area (Å²) in [6, 6.07) is 9.39. The molecule has 6 nitrogen and oxygen atoms in total. The normalized spacial score (nSPS) is 10.0. The standard InChI is InChI=1S/C13H17N5O/c1-3-15-11-8-12(18-13(14)17-11)16-9-5-4-6-10(7-9)19-2/h4-8H,3H2,1-2H3,(H4,14,15,16,17,18). The lowest BCUT2D eigenvalue weighted by Gasteiger charge is -2.09. The quantitative estimate of drug-likeness (QED) is 0.763. The van der Waals surface area contributed by atoms with Gasteiger partial charge in [0.15, 0.2) is 0 Å². The fourth-order valence-electron chi connectivity index (χ4n) is 1.65. The van der Waals surface area contributed by atoms with Gasteiger partial charge < -0.3 is 21.1 Å². The van der Waals surface area contributed by atoms with Gasteiger partial charge in [-0.3, -0.25) is 0 Å². The van der Waals surface area contributed by atoms with Gasteiger partial charge in [0.05, 0.1) is 7.11 Å². The van der Waals surface area contributed by atoms with E-state index in [-0.39, 0.29) is 5.95 Å². The zero-order chi connectivity index (χ0) is 13.7. The highest BCUT2D eigenvalue weighted by Crippen LogP contribution is 2.21. The number of rotatable bonds is 5. The van der Waals surface area contributed by atoms with Crippen molar-refractivity contribution < 1.29 is 4.74 Å². The number of nitrogens with one attached hydrogen (secondary N) is 2. The van der Waals surface area contributed by atoms with E-state index in [1.807, 2.05) is 31.2 Å². The predicted molar refractivity (Wildman–Crippen MR) is 76.9 cm³/mol. The molecule has 0 unspecified atom stereocenters. The minimum Gasteiger partial charge on any atom is -0.497 e. The third kappa shape index (κ3) is 3.48. The first-order valence-electron chi connectivity index (χ1n) is 6.00. The van der Waals surface area contributed by atoms with Crippen molar-refractivity contribution in [3.63, 3.8) is 0 Å². The minimum atomic E-state index is 0.226. The molecule has 2 rings (SSSR count). The molecule has 0 aliphatic rings. The lowest BCUT2D eigenvalue weighted by Crippen LogP contribution is -2.05. The first kappa shape index (κ1) is 12.9. The Balaban J connectivity index is 2.22. The molecule has 1 aromatic carbocycles. The van der Waals surface area contributed by atoms with Crippen molar-refractivity contribution >= 4 is 23.3 Å². The molecule has 2 aromatic rings. The van der Waals surface area contributed by atoms with Gasteiger partial charge in [-0.05, 0) is 19.1 Å². The summed E-state index contributed by atoms with van der Waals surface area (Å²) in [6.07, 6.45) is 0. The molecule has 0 aliphatic carbocycles. The molecular weight excluding hydrogens is 242 g/mol. The smallest absolute Gasteiger partial charge is 0.223 e. The zero-order valence-corrected chi connectivity index (χ0v) is 11.0. The van der Waals surface area contributed by atoms with E-state index in [1.54, 1.807) is 13.2 Å². The zero-order valence-electron chi connectivity index (χ0n) is 11.0. The van der Waals surface area contributed by atoms with Crippen LogP contribution in [0.5, 0.6) is 5.75 Å². The third-order valence-electron chi connectivity index (χ3n) is 2.44. The van der Waals surface area contributed by atoms with Gasteiger partial charge in [0.25, 0.3) is 0 Å². The molecular formula is C13H17N5O. The summed E-state index contributed by atoms with van der Waals surface area (Å²) in [6.45, 7) is 2.77. The molecule has 0 aliphatic heterocycles. The molecule has 4 N–H and O–H groups in total. The fraction of sp³-hybridized carbons (Fsp3) is 0.231. The van der Waals surface area contributed by atoms with E-state index < -0.39 is 0 Å². The Bertz CT molecular complexity index is 558. The molecule has 1 aromatic heterocycles. The van der Waals surface area contributed by atoms with Gasteiger partial charge in [0.1, 0.15) is 17.4 Å². The van der Waals surface area contributed by atoms with E-state index in [9.17, 15) is 0 Å². The molecule has 0 atom stereocenters. The van der Waals surface area contributed by atoms with Gasteiger partial charge in [-0.15, -0.1) is 0 Å². The van der Waals surface area contributed by atoms with Gasteiger partial charge in [-0.1, -0.05) is 6.07 Å². The van der Waals surface area contributed by atoms with Crippen LogP contribution in [0.3, 0.4) is 0 Å². The van der Waals surface area contributed by atoms with Crippen LogP contribution in [-0.4, -0.2) is 23.6 Å². The van der Waals surface area contributed by atoms with Gasteiger partial charge in [-0.25, -0.2) is 0 Å². The highest BCUT2D eigenvalue weighted by molar-refractivity contribution is 5.61. The fourth-order valence-corrected chi connectivity index (χ4v) is 1.65. The summed E-state index contributed by atoms with van der Waals surface area (Å²) in [5, 5.41) is 6.27. The Labute approximate surface area is 112 Å². The number of methoxy groups -OCH3 is 1. The molecule has 1 heterocycles. The number of aromatic nitrogens is 2. The lowest BCUT2D eigenvalue weighted by atomic mass is 10.3. The predicted octanol–water partition coefficient (Wildman–Crippen LogP) is 2.24. The Hall–Kier alpha value is -2.50. The van der Waals surface area contributed by atoms with Crippen LogP contribution >= 0.6 is 0 Å². The highest BCUT2D eigenvalue weighted by atomic mass is 16.5. The van der Waals surface area contributed by atoms with Crippen molar-refractivity contribution in [2.45, 2.75) is 6.92 Å². The maximum atomic E-state index is 5.67. The van der Waals surface area contributed by atoms with Crippen LogP contribution in [0.4, 0.5) is 23.3 Å². The molecule has 0 spiro atoms. The Morgan fingerprint density at radius 1 is 1.21 bits per heavy atom. The highest BCUT2D eigenvalue weighted by Gasteiger charge is 2.03. The number of nitrogen functional groups attached to an aromatic ring is 1. The number of anilines is 4. The maximum Gasteiger partial charge on any atom is 0.223 e.